The maximum atomic E-state index is 14.0. The fraction of sp³-hybridized carbons (Fsp3) is 0.333. The molecule has 4 aromatic rings. The molecule has 0 bridgehead atoms. The average molecular weight is 465 g/mol. The minimum atomic E-state index is -0.362. The maximum Gasteiger partial charge on any atom is 0.256 e. The third kappa shape index (κ3) is 3.79. The monoisotopic (exact) mass is 464 g/mol. The molecule has 0 radical (unpaired) electrons. The van der Waals surface area contributed by atoms with Crippen molar-refractivity contribution in [3.63, 3.8) is 0 Å². The summed E-state index contributed by atoms with van der Waals surface area (Å²) in [5, 5.41) is 9.19. The number of aromatic amines is 1. The number of hydrogen-bond acceptors (Lipinski definition) is 5. The van der Waals surface area contributed by atoms with Crippen LogP contribution in [0.15, 0.2) is 36.7 Å². The van der Waals surface area contributed by atoms with Crippen LogP contribution in [0.25, 0.3) is 16.7 Å². The molecule has 2 aromatic heterocycles. The summed E-state index contributed by atoms with van der Waals surface area (Å²) in [6, 6.07) is 7.26. The van der Waals surface area contributed by atoms with E-state index in [-0.39, 0.29) is 18.1 Å². The summed E-state index contributed by atoms with van der Waals surface area (Å²) < 4.78 is 5.95. The lowest BCUT2D eigenvalue weighted by Gasteiger charge is -2.38. The van der Waals surface area contributed by atoms with Gasteiger partial charge < -0.3 is 14.6 Å². The number of nitrogens with zero attached hydrogens (tertiary/aromatic N) is 5. The van der Waals surface area contributed by atoms with Crippen molar-refractivity contribution in [2.24, 2.45) is 0 Å². The lowest BCUT2D eigenvalue weighted by molar-refractivity contribution is -0.0467. The number of hydrogen-bond donors (Lipinski definition) is 1. The first-order valence-electron chi connectivity index (χ1n) is 10.9. The predicted octanol–water partition coefficient (Wildman–Crippen LogP) is 4.32. The van der Waals surface area contributed by atoms with Gasteiger partial charge in [-0.25, -0.2) is 4.98 Å². The van der Waals surface area contributed by atoms with E-state index >= 15 is 0 Å². The van der Waals surface area contributed by atoms with Crippen LogP contribution in [-0.2, 0) is 4.74 Å². The first kappa shape index (κ1) is 21.6. The summed E-state index contributed by atoms with van der Waals surface area (Å²) in [6.45, 7) is 8.71. The molecule has 0 spiro atoms. The molecule has 8 nitrogen and oxygen atoms in total. The molecule has 170 valence electrons. The van der Waals surface area contributed by atoms with Crippen molar-refractivity contribution in [2.45, 2.75) is 39.8 Å². The molecule has 33 heavy (non-hydrogen) atoms. The first-order chi connectivity index (χ1) is 15.8. The fourth-order valence-electron chi connectivity index (χ4n) is 4.25. The minimum absolute atomic E-state index is 0.0939. The summed E-state index contributed by atoms with van der Waals surface area (Å²) >= 11 is 6.30. The molecule has 9 heteroatoms. The highest BCUT2D eigenvalue weighted by Crippen LogP contribution is 2.31. The van der Waals surface area contributed by atoms with Crippen LogP contribution < -0.4 is 0 Å². The standard InChI is InChI=1S/C24H25ClN6O2/c1-13-9-17(20(10-14(13)2)31-26-7-8-27-31)24(32)30-11-15(3)33-12-21(30)23-28-19-6-5-18(25)16(4)22(19)29-23/h5-10,15,21H,11-12H2,1-4H3,(H,28,29)/t15-,21-/m1/s1. The number of carbonyl (C=O) groups is 1. The Kier molecular flexibility index (Phi) is 5.42. The summed E-state index contributed by atoms with van der Waals surface area (Å²) in [7, 11) is 0. The summed E-state index contributed by atoms with van der Waals surface area (Å²) in [5.74, 6) is 0.568. The summed E-state index contributed by atoms with van der Waals surface area (Å²) in [4.78, 5) is 25.5. The number of ether oxygens (including phenoxy) is 1. The van der Waals surface area contributed by atoms with Gasteiger partial charge in [-0.2, -0.15) is 15.0 Å². The number of H-pyrrole nitrogens is 1. The van der Waals surface area contributed by atoms with E-state index in [1.807, 2.05) is 56.9 Å². The quantitative estimate of drug-likeness (QED) is 0.487. The molecule has 5 rings (SSSR count). The number of carbonyl (C=O) groups excluding carboxylic acids is 1. The Balaban J connectivity index is 1.59. The van der Waals surface area contributed by atoms with Gasteiger partial charge in [0.2, 0.25) is 0 Å². The van der Waals surface area contributed by atoms with Crippen molar-refractivity contribution in [2.75, 3.05) is 13.2 Å². The number of aryl methyl sites for hydroxylation is 3. The smallest absolute Gasteiger partial charge is 0.256 e. The zero-order chi connectivity index (χ0) is 23.3. The van der Waals surface area contributed by atoms with Crippen molar-refractivity contribution in [3.05, 3.63) is 69.8 Å². The molecule has 1 fully saturated rings. The first-order valence-corrected chi connectivity index (χ1v) is 11.3. The normalized spacial score (nSPS) is 18.8. The molecule has 0 aliphatic carbocycles. The van der Waals surface area contributed by atoms with Crippen molar-refractivity contribution in [1.82, 2.24) is 29.9 Å². The molecule has 0 unspecified atom stereocenters. The SMILES string of the molecule is Cc1cc(C(=O)N2C[C@@H](C)OC[C@@H]2c2nc3c(C)c(Cl)ccc3[nH]2)c(-n2nccn2)cc1C. The van der Waals surface area contributed by atoms with Gasteiger partial charge in [-0.1, -0.05) is 11.6 Å². The second-order valence-electron chi connectivity index (χ2n) is 8.58. The van der Waals surface area contributed by atoms with Crippen LogP contribution in [0.4, 0.5) is 0 Å². The van der Waals surface area contributed by atoms with Gasteiger partial charge >= 0.3 is 0 Å². The lowest BCUT2D eigenvalue weighted by Crippen LogP contribution is -2.47. The van der Waals surface area contributed by atoms with Gasteiger partial charge in [0.15, 0.2) is 0 Å². The fourth-order valence-corrected chi connectivity index (χ4v) is 4.40. The number of morpholine rings is 1. The molecule has 1 aliphatic heterocycles. The average Bonchev–Trinajstić information content (AvgIpc) is 3.48. The molecule has 3 heterocycles. The van der Waals surface area contributed by atoms with Crippen LogP contribution in [-0.4, -0.2) is 55.0 Å². The van der Waals surface area contributed by atoms with E-state index in [9.17, 15) is 4.79 Å². The Labute approximate surface area is 196 Å². The van der Waals surface area contributed by atoms with Gasteiger partial charge in [0.05, 0.1) is 47.4 Å². The van der Waals surface area contributed by atoms with E-state index in [4.69, 9.17) is 21.3 Å². The van der Waals surface area contributed by atoms with Gasteiger partial charge in [-0.15, -0.1) is 0 Å². The van der Waals surface area contributed by atoms with Gasteiger partial charge in [0, 0.05) is 11.6 Å². The number of halogens is 1. The molecule has 0 saturated carbocycles. The molecule has 1 amide bonds. The number of rotatable bonds is 3. The van der Waals surface area contributed by atoms with Crippen LogP contribution >= 0.6 is 11.6 Å². The highest BCUT2D eigenvalue weighted by Gasteiger charge is 2.35. The number of imidazole rings is 1. The summed E-state index contributed by atoms with van der Waals surface area (Å²) in [5.41, 5.74) is 5.88. The second-order valence-corrected chi connectivity index (χ2v) is 8.99. The number of nitrogens with one attached hydrogen (secondary N) is 1. The second kappa shape index (κ2) is 8.28. The molecule has 1 saturated heterocycles. The Morgan fingerprint density at radius 3 is 2.64 bits per heavy atom. The third-order valence-electron chi connectivity index (χ3n) is 6.28. The van der Waals surface area contributed by atoms with Gasteiger partial charge in [0.25, 0.3) is 5.91 Å². The van der Waals surface area contributed by atoms with E-state index in [0.717, 1.165) is 27.7 Å². The van der Waals surface area contributed by atoms with Crippen LogP contribution in [0.5, 0.6) is 0 Å². The third-order valence-corrected chi connectivity index (χ3v) is 6.69. The molecule has 2 aromatic carbocycles. The van der Waals surface area contributed by atoms with Crippen molar-refractivity contribution < 1.29 is 9.53 Å². The zero-order valence-corrected chi connectivity index (χ0v) is 19.7. The van der Waals surface area contributed by atoms with E-state index in [1.54, 1.807) is 12.4 Å². The van der Waals surface area contributed by atoms with E-state index in [2.05, 4.69) is 15.2 Å². The van der Waals surface area contributed by atoms with Crippen LogP contribution in [0.1, 0.15) is 45.8 Å². The van der Waals surface area contributed by atoms with Crippen molar-refractivity contribution in [1.29, 1.82) is 0 Å². The molecule has 1 aliphatic rings. The Bertz CT molecular complexity index is 1350. The number of benzene rings is 2. The van der Waals surface area contributed by atoms with Gasteiger partial charge in [-0.05, 0) is 68.7 Å². The van der Waals surface area contributed by atoms with Gasteiger partial charge in [-0.3, -0.25) is 4.79 Å². The van der Waals surface area contributed by atoms with Crippen molar-refractivity contribution in [3.8, 4) is 5.69 Å². The van der Waals surface area contributed by atoms with Crippen molar-refractivity contribution >= 4 is 28.5 Å². The van der Waals surface area contributed by atoms with Crippen LogP contribution in [0.2, 0.25) is 5.02 Å². The summed E-state index contributed by atoms with van der Waals surface area (Å²) in [6.07, 6.45) is 3.11. The zero-order valence-electron chi connectivity index (χ0n) is 19.0. The lowest BCUT2D eigenvalue weighted by atomic mass is 10.0. The van der Waals surface area contributed by atoms with E-state index < -0.39 is 0 Å². The van der Waals surface area contributed by atoms with Gasteiger partial charge in [0.1, 0.15) is 11.9 Å². The Morgan fingerprint density at radius 2 is 1.88 bits per heavy atom. The molecular weight excluding hydrogens is 440 g/mol. The maximum absolute atomic E-state index is 14.0. The highest BCUT2D eigenvalue weighted by molar-refractivity contribution is 6.32. The largest absolute Gasteiger partial charge is 0.374 e. The van der Waals surface area contributed by atoms with E-state index in [1.165, 1.54) is 4.80 Å². The molecule has 2 atom stereocenters. The Morgan fingerprint density at radius 1 is 1.15 bits per heavy atom. The van der Waals surface area contributed by atoms with Crippen LogP contribution in [0, 0.1) is 20.8 Å². The number of aromatic nitrogens is 5. The Hall–Kier alpha value is -3.23. The molecule has 1 N–H and O–H groups in total. The predicted molar refractivity (Wildman–Crippen MR) is 126 cm³/mol. The molecular formula is C24H25ClN6O2. The van der Waals surface area contributed by atoms with Crippen LogP contribution in [0.3, 0.4) is 0 Å². The van der Waals surface area contributed by atoms with E-state index in [0.29, 0.717) is 35.2 Å². The highest BCUT2D eigenvalue weighted by atomic mass is 35.5. The number of amides is 1. The number of fused-ring (bicyclic) bond motifs is 1. The minimum Gasteiger partial charge on any atom is -0.374 e. The topological polar surface area (TPSA) is 88.9 Å².